The lowest BCUT2D eigenvalue weighted by molar-refractivity contribution is 0.0531. The average molecular weight is 516 g/mol. The number of pyridine rings is 2. The summed E-state index contributed by atoms with van der Waals surface area (Å²) < 4.78 is 21.2. The fourth-order valence-electron chi connectivity index (χ4n) is 5.29. The molecule has 2 aliphatic heterocycles. The van der Waals surface area contributed by atoms with E-state index in [0.717, 1.165) is 41.3 Å². The molecule has 10 heteroatoms. The molecule has 0 bridgehead atoms. The van der Waals surface area contributed by atoms with E-state index in [1.165, 1.54) is 12.1 Å². The van der Waals surface area contributed by atoms with Crippen molar-refractivity contribution < 1.29 is 13.9 Å². The first-order chi connectivity index (χ1) is 18.4. The normalized spacial score (nSPS) is 17.2. The highest BCUT2D eigenvalue weighted by Gasteiger charge is 2.28. The van der Waals surface area contributed by atoms with E-state index in [-0.39, 0.29) is 17.8 Å². The lowest BCUT2D eigenvalue weighted by Gasteiger charge is -2.34. The molecule has 38 heavy (non-hydrogen) atoms. The number of carbonyl (C=O) groups excluding carboxylic acids is 1. The number of nitrogens with zero attached hydrogens (tertiary/aromatic N) is 5. The first-order valence-electron chi connectivity index (χ1n) is 12.7. The van der Waals surface area contributed by atoms with E-state index < -0.39 is 0 Å². The van der Waals surface area contributed by atoms with Crippen LogP contribution < -0.4 is 15.5 Å². The second-order valence-electron chi connectivity index (χ2n) is 10.1. The fraction of sp³-hybridized carbons (Fsp3) is 0.321. The van der Waals surface area contributed by atoms with E-state index in [1.807, 2.05) is 36.7 Å². The van der Waals surface area contributed by atoms with Gasteiger partial charge >= 0.3 is 0 Å². The first-order valence-corrected chi connectivity index (χ1v) is 12.7. The maximum Gasteiger partial charge on any atom is 0.254 e. The molecule has 2 aliphatic rings. The summed E-state index contributed by atoms with van der Waals surface area (Å²) in [6, 6.07) is 10.7. The number of aromatic nitrogens is 3. The van der Waals surface area contributed by atoms with Crippen LogP contribution in [-0.4, -0.2) is 65.1 Å². The summed E-state index contributed by atoms with van der Waals surface area (Å²) in [4.78, 5) is 26.7. The molecule has 4 aromatic rings. The molecular weight excluding hydrogens is 485 g/mol. The third-order valence-corrected chi connectivity index (χ3v) is 6.98. The summed E-state index contributed by atoms with van der Waals surface area (Å²) >= 11 is 0. The van der Waals surface area contributed by atoms with E-state index in [1.54, 1.807) is 12.4 Å². The predicted octanol–water partition coefficient (Wildman–Crippen LogP) is 3.81. The molecule has 9 nitrogen and oxygen atoms in total. The summed E-state index contributed by atoms with van der Waals surface area (Å²) in [6.07, 6.45) is 3.53. The van der Waals surface area contributed by atoms with Crippen molar-refractivity contribution in [1.29, 1.82) is 0 Å². The van der Waals surface area contributed by atoms with Gasteiger partial charge in [-0.05, 0) is 50.8 Å². The first kappa shape index (κ1) is 24.3. The summed E-state index contributed by atoms with van der Waals surface area (Å²) in [5, 5.41) is 6.35. The van der Waals surface area contributed by atoms with Crippen molar-refractivity contribution in [1.82, 2.24) is 24.6 Å². The van der Waals surface area contributed by atoms with Crippen LogP contribution in [-0.2, 0) is 17.8 Å². The molecule has 1 saturated heterocycles. The molecule has 6 rings (SSSR count). The Hall–Kier alpha value is -4.02. The smallest absolute Gasteiger partial charge is 0.254 e. The maximum absolute atomic E-state index is 13.7. The van der Waals surface area contributed by atoms with Crippen molar-refractivity contribution in [3.05, 3.63) is 71.4 Å². The number of amides is 1. The summed E-state index contributed by atoms with van der Waals surface area (Å²) in [7, 11) is 4.05. The quantitative estimate of drug-likeness (QED) is 0.404. The van der Waals surface area contributed by atoms with Gasteiger partial charge in [0.15, 0.2) is 0 Å². The third kappa shape index (κ3) is 4.46. The predicted molar refractivity (Wildman–Crippen MR) is 144 cm³/mol. The van der Waals surface area contributed by atoms with E-state index in [2.05, 4.69) is 38.4 Å². The molecule has 0 unspecified atom stereocenters. The van der Waals surface area contributed by atoms with Gasteiger partial charge in [-0.15, -0.1) is 0 Å². The van der Waals surface area contributed by atoms with Crippen LogP contribution in [0.5, 0.6) is 0 Å². The van der Waals surface area contributed by atoms with Gasteiger partial charge in [0.2, 0.25) is 0 Å². The Morgan fingerprint density at radius 1 is 1.24 bits per heavy atom. The number of morpholine rings is 1. The van der Waals surface area contributed by atoms with Crippen LogP contribution in [0.15, 0.2) is 48.8 Å². The zero-order chi connectivity index (χ0) is 26.4. The monoisotopic (exact) mass is 515 g/mol. The lowest BCUT2D eigenvalue weighted by atomic mass is 9.99. The second kappa shape index (κ2) is 9.70. The summed E-state index contributed by atoms with van der Waals surface area (Å²) in [5.41, 5.74) is 6.40. The van der Waals surface area contributed by atoms with Gasteiger partial charge in [-0.2, -0.15) is 0 Å². The largest absolute Gasteiger partial charge is 0.375 e. The van der Waals surface area contributed by atoms with Crippen LogP contribution in [0.1, 0.15) is 28.5 Å². The molecule has 3 aromatic heterocycles. The molecule has 196 valence electrons. The Labute approximate surface area is 220 Å². The number of imidazole rings is 1. The van der Waals surface area contributed by atoms with Crippen molar-refractivity contribution in [2.24, 2.45) is 0 Å². The number of rotatable bonds is 6. The molecule has 0 aliphatic carbocycles. The van der Waals surface area contributed by atoms with Crippen molar-refractivity contribution in [2.75, 3.05) is 44.0 Å². The minimum absolute atomic E-state index is 0.142. The summed E-state index contributed by atoms with van der Waals surface area (Å²) in [5.74, 6) is 0.190. The number of benzene rings is 1. The Balaban J connectivity index is 1.36. The van der Waals surface area contributed by atoms with Crippen LogP contribution in [0, 0.1) is 5.82 Å². The molecule has 1 amide bonds. The maximum atomic E-state index is 13.7. The van der Waals surface area contributed by atoms with Gasteiger partial charge in [-0.1, -0.05) is 6.07 Å². The molecule has 1 aromatic carbocycles. The van der Waals surface area contributed by atoms with Crippen LogP contribution in [0.2, 0.25) is 0 Å². The van der Waals surface area contributed by atoms with E-state index in [0.29, 0.717) is 42.4 Å². The highest BCUT2D eigenvalue weighted by molar-refractivity contribution is 6.06. The minimum Gasteiger partial charge on any atom is -0.375 e. The Bertz CT molecular complexity index is 1530. The van der Waals surface area contributed by atoms with Crippen LogP contribution >= 0.6 is 0 Å². The molecule has 0 saturated carbocycles. The number of anilines is 3. The number of nitrogens with one attached hydrogen (secondary N) is 2. The van der Waals surface area contributed by atoms with Gasteiger partial charge in [0, 0.05) is 44.0 Å². The number of carbonyl (C=O) groups is 1. The standard InChI is InChI=1S/C28H30FN7O2/c1-17-15-35(10-11-38-17)23-6-7-25(33-22(23)16-34(2)3)32-21-5-4-19(20-13-31-28(37)27(20)21)24-14-30-26-12-18(29)8-9-36(24)26/h4-9,12,14,17H,10-11,13,15-16H2,1-3H3,(H,31,37)(H,32,33)/t17-/m1/s1. The van der Waals surface area contributed by atoms with Gasteiger partial charge in [0.1, 0.15) is 17.3 Å². The lowest BCUT2D eigenvalue weighted by Crippen LogP contribution is -2.41. The van der Waals surface area contributed by atoms with Crippen molar-refractivity contribution in [3.8, 4) is 11.3 Å². The van der Waals surface area contributed by atoms with Crippen LogP contribution in [0.25, 0.3) is 16.9 Å². The highest BCUT2D eigenvalue weighted by Crippen LogP contribution is 2.36. The molecule has 2 N–H and O–H groups in total. The molecule has 5 heterocycles. The van der Waals surface area contributed by atoms with E-state index >= 15 is 0 Å². The topological polar surface area (TPSA) is 87.0 Å². The number of ether oxygens (including phenoxy) is 1. The minimum atomic E-state index is -0.341. The molecular formula is C28H30FN7O2. The number of hydrogen-bond acceptors (Lipinski definition) is 7. The van der Waals surface area contributed by atoms with Gasteiger partial charge < -0.3 is 25.2 Å². The van der Waals surface area contributed by atoms with Crippen molar-refractivity contribution in [2.45, 2.75) is 26.1 Å². The van der Waals surface area contributed by atoms with E-state index in [4.69, 9.17) is 9.72 Å². The van der Waals surface area contributed by atoms with E-state index in [9.17, 15) is 9.18 Å². The van der Waals surface area contributed by atoms with Crippen molar-refractivity contribution in [3.63, 3.8) is 0 Å². The SMILES string of the molecule is C[C@@H]1CN(c2ccc(Nc3ccc(-c4cnc5cc(F)ccn45)c4c3C(=O)NC4)nc2CN(C)C)CCO1. The zero-order valence-corrected chi connectivity index (χ0v) is 21.7. The van der Waals surface area contributed by atoms with Crippen LogP contribution in [0.3, 0.4) is 0 Å². The third-order valence-electron chi connectivity index (χ3n) is 6.98. The van der Waals surface area contributed by atoms with Crippen LogP contribution in [0.4, 0.5) is 21.6 Å². The second-order valence-corrected chi connectivity index (χ2v) is 10.1. The number of hydrogen-bond donors (Lipinski definition) is 2. The average Bonchev–Trinajstić information content (AvgIpc) is 3.48. The fourth-order valence-corrected chi connectivity index (χ4v) is 5.29. The van der Waals surface area contributed by atoms with Gasteiger partial charge in [-0.3, -0.25) is 9.20 Å². The highest BCUT2D eigenvalue weighted by atomic mass is 19.1. The van der Waals surface area contributed by atoms with Gasteiger partial charge in [-0.25, -0.2) is 14.4 Å². The number of halogens is 1. The molecule has 0 radical (unpaired) electrons. The molecule has 1 fully saturated rings. The molecule has 0 spiro atoms. The molecule has 1 atom stereocenters. The Morgan fingerprint density at radius 2 is 2.11 bits per heavy atom. The Kier molecular flexibility index (Phi) is 6.21. The van der Waals surface area contributed by atoms with Gasteiger partial charge in [0.05, 0.1) is 47.2 Å². The van der Waals surface area contributed by atoms with Crippen molar-refractivity contribution >= 4 is 28.7 Å². The number of fused-ring (bicyclic) bond motifs is 2. The summed E-state index contributed by atoms with van der Waals surface area (Å²) in [6.45, 7) is 5.51. The van der Waals surface area contributed by atoms with Gasteiger partial charge in [0.25, 0.3) is 5.91 Å². The zero-order valence-electron chi connectivity index (χ0n) is 21.7. The Morgan fingerprint density at radius 3 is 2.92 bits per heavy atom.